The lowest BCUT2D eigenvalue weighted by molar-refractivity contribution is -0.114. The van der Waals surface area contributed by atoms with Crippen molar-refractivity contribution in [2.75, 3.05) is 17.7 Å². The van der Waals surface area contributed by atoms with Crippen LogP contribution in [0.15, 0.2) is 18.2 Å². The van der Waals surface area contributed by atoms with Gasteiger partial charge in [0.05, 0.1) is 12.8 Å². The maximum atomic E-state index is 11.1. The number of benzene rings is 1. The van der Waals surface area contributed by atoms with Crippen molar-refractivity contribution in [1.82, 2.24) is 0 Å². The van der Waals surface area contributed by atoms with Crippen LogP contribution in [-0.2, 0) is 4.79 Å². The standard InChI is InChI=1S/C16H26N2O2/c1-5-6-7-8-12(2)17-14-9-10-15(18-13(3)19)16(11-14)20-4/h9-12,17H,5-8H2,1-4H3,(H,18,19). The number of rotatable bonds is 8. The van der Waals surface area contributed by atoms with Gasteiger partial charge in [0.1, 0.15) is 5.75 Å². The first-order valence-corrected chi connectivity index (χ1v) is 7.29. The van der Waals surface area contributed by atoms with E-state index in [1.165, 1.54) is 26.2 Å². The highest BCUT2D eigenvalue weighted by Gasteiger charge is 2.07. The fraction of sp³-hybridized carbons (Fsp3) is 0.562. The average Bonchev–Trinajstić information content (AvgIpc) is 2.40. The van der Waals surface area contributed by atoms with E-state index in [-0.39, 0.29) is 5.91 Å². The van der Waals surface area contributed by atoms with E-state index >= 15 is 0 Å². The fourth-order valence-corrected chi connectivity index (χ4v) is 2.13. The number of ether oxygens (including phenoxy) is 1. The van der Waals surface area contributed by atoms with Crippen molar-refractivity contribution < 1.29 is 9.53 Å². The van der Waals surface area contributed by atoms with Gasteiger partial charge < -0.3 is 15.4 Å². The molecule has 112 valence electrons. The lowest BCUT2D eigenvalue weighted by atomic mass is 10.1. The molecule has 0 aliphatic heterocycles. The van der Waals surface area contributed by atoms with Crippen LogP contribution in [0, 0.1) is 0 Å². The first-order valence-electron chi connectivity index (χ1n) is 7.29. The molecule has 4 nitrogen and oxygen atoms in total. The molecule has 0 saturated carbocycles. The lowest BCUT2D eigenvalue weighted by Crippen LogP contribution is -2.15. The van der Waals surface area contributed by atoms with Gasteiger partial charge in [0, 0.05) is 24.7 Å². The van der Waals surface area contributed by atoms with Gasteiger partial charge in [-0.2, -0.15) is 0 Å². The molecule has 0 radical (unpaired) electrons. The molecular formula is C16H26N2O2. The summed E-state index contributed by atoms with van der Waals surface area (Å²) in [7, 11) is 1.61. The number of unbranched alkanes of at least 4 members (excludes halogenated alkanes) is 2. The summed E-state index contributed by atoms with van der Waals surface area (Å²) in [5, 5.41) is 6.22. The third kappa shape index (κ3) is 5.51. The smallest absolute Gasteiger partial charge is 0.221 e. The van der Waals surface area contributed by atoms with Gasteiger partial charge in [-0.1, -0.05) is 26.2 Å². The second kappa shape index (κ2) is 8.46. The molecule has 0 bridgehead atoms. The SMILES string of the molecule is CCCCCC(C)Nc1ccc(NC(C)=O)c(OC)c1. The molecular weight excluding hydrogens is 252 g/mol. The van der Waals surface area contributed by atoms with Crippen molar-refractivity contribution in [3.05, 3.63) is 18.2 Å². The number of hydrogen-bond acceptors (Lipinski definition) is 3. The van der Waals surface area contributed by atoms with Crippen molar-refractivity contribution in [2.24, 2.45) is 0 Å². The van der Waals surface area contributed by atoms with Gasteiger partial charge in [0.2, 0.25) is 5.91 Å². The number of methoxy groups -OCH3 is 1. The Morgan fingerprint density at radius 1 is 1.35 bits per heavy atom. The van der Waals surface area contributed by atoms with E-state index in [9.17, 15) is 4.79 Å². The average molecular weight is 278 g/mol. The van der Waals surface area contributed by atoms with E-state index in [4.69, 9.17) is 4.74 Å². The topological polar surface area (TPSA) is 50.4 Å². The van der Waals surface area contributed by atoms with Crippen molar-refractivity contribution in [3.8, 4) is 5.75 Å². The van der Waals surface area contributed by atoms with E-state index in [0.717, 1.165) is 12.1 Å². The third-order valence-electron chi connectivity index (χ3n) is 3.17. The van der Waals surface area contributed by atoms with E-state index in [1.54, 1.807) is 7.11 Å². The Morgan fingerprint density at radius 3 is 2.70 bits per heavy atom. The van der Waals surface area contributed by atoms with Crippen LogP contribution in [0.1, 0.15) is 46.5 Å². The summed E-state index contributed by atoms with van der Waals surface area (Å²) in [4.78, 5) is 11.1. The van der Waals surface area contributed by atoms with Crippen molar-refractivity contribution >= 4 is 17.3 Å². The van der Waals surface area contributed by atoms with Gasteiger partial charge in [-0.15, -0.1) is 0 Å². The Kier molecular flexibility index (Phi) is 6.91. The van der Waals surface area contributed by atoms with Crippen LogP contribution < -0.4 is 15.4 Å². The predicted molar refractivity (Wildman–Crippen MR) is 84.5 cm³/mol. The van der Waals surface area contributed by atoms with Crippen molar-refractivity contribution in [3.63, 3.8) is 0 Å². The molecule has 0 saturated heterocycles. The molecule has 1 aromatic carbocycles. The van der Waals surface area contributed by atoms with Crippen LogP contribution in [0.2, 0.25) is 0 Å². The van der Waals surface area contributed by atoms with Gasteiger partial charge in [-0.05, 0) is 25.5 Å². The Bertz CT molecular complexity index is 432. The van der Waals surface area contributed by atoms with Crippen LogP contribution in [0.25, 0.3) is 0 Å². The molecule has 20 heavy (non-hydrogen) atoms. The number of amides is 1. The minimum Gasteiger partial charge on any atom is -0.494 e. The maximum absolute atomic E-state index is 11.1. The summed E-state index contributed by atoms with van der Waals surface area (Å²) in [6.07, 6.45) is 4.91. The molecule has 0 aromatic heterocycles. The number of carbonyl (C=O) groups excluding carboxylic acids is 1. The van der Waals surface area contributed by atoms with E-state index in [2.05, 4.69) is 24.5 Å². The monoisotopic (exact) mass is 278 g/mol. The van der Waals surface area contributed by atoms with Crippen LogP contribution in [-0.4, -0.2) is 19.1 Å². The third-order valence-corrected chi connectivity index (χ3v) is 3.17. The van der Waals surface area contributed by atoms with E-state index in [1.807, 2.05) is 18.2 Å². The number of hydrogen-bond donors (Lipinski definition) is 2. The Labute approximate surface area is 121 Å². The van der Waals surface area contributed by atoms with E-state index < -0.39 is 0 Å². The summed E-state index contributed by atoms with van der Waals surface area (Å²) in [6, 6.07) is 6.17. The summed E-state index contributed by atoms with van der Waals surface area (Å²) in [5.41, 5.74) is 1.71. The van der Waals surface area contributed by atoms with Gasteiger partial charge in [0.15, 0.2) is 0 Å². The molecule has 1 aromatic rings. The Balaban J connectivity index is 2.65. The minimum atomic E-state index is -0.100. The largest absolute Gasteiger partial charge is 0.494 e. The van der Waals surface area contributed by atoms with Gasteiger partial charge in [-0.25, -0.2) is 0 Å². The molecule has 1 amide bonds. The summed E-state index contributed by atoms with van der Waals surface area (Å²) in [5.74, 6) is 0.572. The predicted octanol–water partition coefficient (Wildman–Crippen LogP) is 4.03. The highest BCUT2D eigenvalue weighted by atomic mass is 16.5. The molecule has 4 heteroatoms. The molecule has 1 unspecified atom stereocenters. The zero-order valence-electron chi connectivity index (χ0n) is 13.0. The molecule has 0 heterocycles. The maximum Gasteiger partial charge on any atom is 0.221 e. The Hall–Kier alpha value is -1.71. The van der Waals surface area contributed by atoms with Crippen LogP contribution >= 0.6 is 0 Å². The van der Waals surface area contributed by atoms with Gasteiger partial charge in [0.25, 0.3) is 0 Å². The number of anilines is 2. The second-order valence-electron chi connectivity index (χ2n) is 5.14. The first kappa shape index (κ1) is 16.3. The summed E-state index contributed by atoms with van der Waals surface area (Å²) in [6.45, 7) is 5.88. The van der Waals surface area contributed by atoms with E-state index in [0.29, 0.717) is 17.5 Å². The molecule has 1 rings (SSSR count). The van der Waals surface area contributed by atoms with Crippen LogP contribution in [0.3, 0.4) is 0 Å². The Morgan fingerprint density at radius 2 is 2.10 bits per heavy atom. The van der Waals surface area contributed by atoms with Gasteiger partial charge in [-0.3, -0.25) is 4.79 Å². The number of carbonyl (C=O) groups is 1. The van der Waals surface area contributed by atoms with Crippen molar-refractivity contribution in [2.45, 2.75) is 52.5 Å². The molecule has 0 aliphatic rings. The molecule has 0 spiro atoms. The number of nitrogens with one attached hydrogen (secondary N) is 2. The molecule has 0 aliphatic carbocycles. The second-order valence-corrected chi connectivity index (χ2v) is 5.14. The van der Waals surface area contributed by atoms with Crippen LogP contribution in [0.5, 0.6) is 5.75 Å². The summed E-state index contributed by atoms with van der Waals surface area (Å²) < 4.78 is 5.31. The highest BCUT2D eigenvalue weighted by Crippen LogP contribution is 2.28. The van der Waals surface area contributed by atoms with Gasteiger partial charge >= 0.3 is 0 Å². The summed E-state index contributed by atoms with van der Waals surface area (Å²) >= 11 is 0. The molecule has 0 fully saturated rings. The first-order chi connectivity index (χ1) is 9.56. The lowest BCUT2D eigenvalue weighted by Gasteiger charge is -2.17. The quantitative estimate of drug-likeness (QED) is 0.706. The zero-order chi connectivity index (χ0) is 15.0. The molecule has 2 N–H and O–H groups in total. The highest BCUT2D eigenvalue weighted by molar-refractivity contribution is 5.90. The van der Waals surface area contributed by atoms with Crippen LogP contribution in [0.4, 0.5) is 11.4 Å². The molecule has 1 atom stereocenters. The fourth-order valence-electron chi connectivity index (χ4n) is 2.13. The zero-order valence-corrected chi connectivity index (χ0v) is 13.0. The van der Waals surface area contributed by atoms with Crippen molar-refractivity contribution in [1.29, 1.82) is 0 Å². The minimum absolute atomic E-state index is 0.100. The normalized spacial score (nSPS) is 11.8.